The van der Waals surface area contributed by atoms with Crippen molar-refractivity contribution in [2.45, 2.75) is 45.6 Å². The van der Waals surface area contributed by atoms with Crippen molar-refractivity contribution in [3.8, 4) is 0 Å². The van der Waals surface area contributed by atoms with Gasteiger partial charge in [0, 0.05) is 12.1 Å². The molecule has 104 valence electrons. The Hall–Kier alpha value is -1.35. The highest BCUT2D eigenvalue weighted by Crippen LogP contribution is 2.17. The number of rotatable bonds is 3. The molecule has 0 unspecified atom stereocenters. The van der Waals surface area contributed by atoms with Crippen LogP contribution in [-0.2, 0) is 6.54 Å². The molecule has 3 N–H and O–H groups in total. The third-order valence-electron chi connectivity index (χ3n) is 4.00. The first kappa shape index (κ1) is 14.1. The molecule has 0 spiro atoms. The number of amidine groups is 1. The molecule has 2 rings (SSSR count). The lowest BCUT2D eigenvalue weighted by atomic mass is 10.0. The second-order valence-corrected chi connectivity index (χ2v) is 5.60. The van der Waals surface area contributed by atoms with Gasteiger partial charge in [-0.05, 0) is 50.0 Å². The molecule has 0 atom stereocenters. The monoisotopic (exact) mass is 259 g/mol. The number of nitrogens with one attached hydrogen (secondary N) is 1. The van der Waals surface area contributed by atoms with Gasteiger partial charge in [-0.3, -0.25) is 10.3 Å². The van der Waals surface area contributed by atoms with Crippen LogP contribution in [0.2, 0.25) is 0 Å². The van der Waals surface area contributed by atoms with Gasteiger partial charge in [0.25, 0.3) is 0 Å². The van der Waals surface area contributed by atoms with Crippen molar-refractivity contribution in [3.63, 3.8) is 0 Å². The zero-order valence-corrected chi connectivity index (χ0v) is 11.9. The van der Waals surface area contributed by atoms with Crippen LogP contribution >= 0.6 is 0 Å². The fraction of sp³-hybridized carbons (Fsp3) is 0.562. The summed E-state index contributed by atoms with van der Waals surface area (Å²) in [6, 6.07) is 6.13. The molecule has 1 aromatic rings. The van der Waals surface area contributed by atoms with Crippen LogP contribution < -0.4 is 5.73 Å². The molecule has 0 aromatic heterocycles. The van der Waals surface area contributed by atoms with E-state index < -0.39 is 0 Å². The van der Waals surface area contributed by atoms with Gasteiger partial charge in [0.1, 0.15) is 5.84 Å². The summed E-state index contributed by atoms with van der Waals surface area (Å²) < 4.78 is 0. The maximum absolute atomic E-state index is 7.48. The second kappa shape index (κ2) is 6.71. The Labute approximate surface area is 116 Å². The quantitative estimate of drug-likeness (QED) is 0.647. The molecule has 0 radical (unpaired) electrons. The van der Waals surface area contributed by atoms with E-state index >= 15 is 0 Å². The molecule has 0 bridgehead atoms. The molecule has 1 aliphatic rings. The zero-order chi connectivity index (χ0) is 13.7. The first-order valence-electron chi connectivity index (χ1n) is 7.33. The normalized spacial score (nSPS) is 17.7. The maximum atomic E-state index is 7.48. The van der Waals surface area contributed by atoms with E-state index in [1.165, 1.54) is 56.3 Å². The number of nitrogens with two attached hydrogens (primary N) is 1. The van der Waals surface area contributed by atoms with Crippen molar-refractivity contribution in [1.29, 1.82) is 5.41 Å². The molecule has 0 amide bonds. The van der Waals surface area contributed by atoms with Crippen LogP contribution in [-0.4, -0.2) is 23.8 Å². The average Bonchev–Trinajstić information content (AvgIpc) is 2.34. The lowest BCUT2D eigenvalue weighted by Crippen LogP contribution is -2.27. The van der Waals surface area contributed by atoms with Gasteiger partial charge in [0.2, 0.25) is 0 Å². The zero-order valence-electron chi connectivity index (χ0n) is 11.9. The standard InChI is InChI=1S/C16H25N3/c1-13-11-14(16(17)18)7-8-15(13)12-19-9-5-3-2-4-6-10-19/h7-8,11H,2-6,9-10,12H2,1H3,(H3,17,18). The van der Waals surface area contributed by atoms with Crippen LogP contribution in [0.5, 0.6) is 0 Å². The molecule has 1 aliphatic heterocycles. The van der Waals surface area contributed by atoms with Crippen molar-refractivity contribution >= 4 is 5.84 Å². The van der Waals surface area contributed by atoms with Crippen LogP contribution in [0.1, 0.15) is 48.8 Å². The van der Waals surface area contributed by atoms with E-state index in [4.69, 9.17) is 11.1 Å². The minimum absolute atomic E-state index is 0.154. The molecule has 1 saturated heterocycles. The predicted octanol–water partition coefficient (Wildman–Crippen LogP) is 3.05. The number of likely N-dealkylation sites (tertiary alicyclic amines) is 1. The molecule has 1 aromatic carbocycles. The van der Waals surface area contributed by atoms with Gasteiger partial charge in [-0.2, -0.15) is 0 Å². The Morgan fingerprint density at radius 2 is 1.79 bits per heavy atom. The van der Waals surface area contributed by atoms with E-state index in [1.54, 1.807) is 0 Å². The number of hydrogen-bond donors (Lipinski definition) is 2. The Bertz CT molecular complexity index is 432. The summed E-state index contributed by atoms with van der Waals surface area (Å²) in [5.41, 5.74) is 8.97. The van der Waals surface area contributed by atoms with E-state index in [2.05, 4.69) is 17.9 Å². The van der Waals surface area contributed by atoms with Crippen molar-refractivity contribution in [1.82, 2.24) is 4.90 Å². The van der Waals surface area contributed by atoms with Crippen molar-refractivity contribution in [2.24, 2.45) is 5.73 Å². The molecule has 3 heteroatoms. The second-order valence-electron chi connectivity index (χ2n) is 5.60. The molecule has 19 heavy (non-hydrogen) atoms. The Kier molecular flexibility index (Phi) is 4.97. The highest BCUT2D eigenvalue weighted by atomic mass is 15.1. The van der Waals surface area contributed by atoms with Crippen LogP contribution in [0, 0.1) is 12.3 Å². The van der Waals surface area contributed by atoms with E-state index in [0.29, 0.717) is 0 Å². The summed E-state index contributed by atoms with van der Waals surface area (Å²) in [5, 5.41) is 7.48. The third-order valence-corrected chi connectivity index (χ3v) is 4.00. The predicted molar refractivity (Wildman–Crippen MR) is 80.6 cm³/mol. The summed E-state index contributed by atoms with van der Waals surface area (Å²) >= 11 is 0. The van der Waals surface area contributed by atoms with E-state index in [1.807, 2.05) is 12.1 Å². The minimum Gasteiger partial charge on any atom is -0.384 e. The van der Waals surface area contributed by atoms with Crippen molar-refractivity contribution in [2.75, 3.05) is 13.1 Å². The van der Waals surface area contributed by atoms with Gasteiger partial charge in [0.05, 0.1) is 0 Å². The fourth-order valence-electron chi connectivity index (χ4n) is 2.75. The van der Waals surface area contributed by atoms with E-state index in [-0.39, 0.29) is 5.84 Å². The van der Waals surface area contributed by atoms with E-state index in [0.717, 1.165) is 12.1 Å². The summed E-state index contributed by atoms with van der Waals surface area (Å²) in [6.07, 6.45) is 6.80. The summed E-state index contributed by atoms with van der Waals surface area (Å²) in [7, 11) is 0. The minimum atomic E-state index is 0.154. The largest absolute Gasteiger partial charge is 0.384 e. The number of nitrogens with zero attached hydrogens (tertiary/aromatic N) is 1. The molecule has 3 nitrogen and oxygen atoms in total. The number of nitrogen functional groups attached to an aromatic ring is 1. The molecular formula is C16H25N3. The fourth-order valence-corrected chi connectivity index (χ4v) is 2.75. The molecule has 1 fully saturated rings. The number of aryl methyl sites for hydroxylation is 1. The van der Waals surface area contributed by atoms with Crippen LogP contribution in [0.25, 0.3) is 0 Å². The van der Waals surface area contributed by atoms with Crippen LogP contribution in [0.4, 0.5) is 0 Å². The Morgan fingerprint density at radius 1 is 1.16 bits per heavy atom. The highest BCUT2D eigenvalue weighted by molar-refractivity contribution is 5.95. The SMILES string of the molecule is Cc1cc(C(=N)N)ccc1CN1CCCCCCC1. The molecule has 0 aliphatic carbocycles. The lowest BCUT2D eigenvalue weighted by molar-refractivity contribution is 0.239. The summed E-state index contributed by atoms with van der Waals surface area (Å²) in [6.45, 7) is 5.58. The highest BCUT2D eigenvalue weighted by Gasteiger charge is 2.10. The van der Waals surface area contributed by atoms with Crippen LogP contribution in [0.3, 0.4) is 0 Å². The van der Waals surface area contributed by atoms with Gasteiger partial charge in [-0.1, -0.05) is 31.4 Å². The van der Waals surface area contributed by atoms with Gasteiger partial charge in [0.15, 0.2) is 0 Å². The van der Waals surface area contributed by atoms with E-state index in [9.17, 15) is 0 Å². The van der Waals surface area contributed by atoms with Crippen LogP contribution in [0.15, 0.2) is 18.2 Å². The van der Waals surface area contributed by atoms with Gasteiger partial charge < -0.3 is 5.73 Å². The number of benzene rings is 1. The van der Waals surface area contributed by atoms with Gasteiger partial charge in [-0.15, -0.1) is 0 Å². The lowest BCUT2D eigenvalue weighted by Gasteiger charge is -2.25. The summed E-state index contributed by atoms with van der Waals surface area (Å²) in [5.74, 6) is 0.154. The molecule has 1 heterocycles. The smallest absolute Gasteiger partial charge is 0.122 e. The molecular weight excluding hydrogens is 234 g/mol. The maximum Gasteiger partial charge on any atom is 0.122 e. The average molecular weight is 259 g/mol. The summed E-state index contributed by atoms with van der Waals surface area (Å²) in [4.78, 5) is 2.56. The van der Waals surface area contributed by atoms with Gasteiger partial charge >= 0.3 is 0 Å². The topological polar surface area (TPSA) is 53.1 Å². The van der Waals surface area contributed by atoms with Gasteiger partial charge in [-0.25, -0.2) is 0 Å². The first-order valence-corrected chi connectivity index (χ1v) is 7.33. The Balaban J connectivity index is 2.03. The third kappa shape index (κ3) is 4.06. The first-order chi connectivity index (χ1) is 9.16. The number of hydrogen-bond acceptors (Lipinski definition) is 2. The molecule has 0 saturated carbocycles. The Morgan fingerprint density at radius 3 is 2.37 bits per heavy atom. The van der Waals surface area contributed by atoms with Crippen molar-refractivity contribution < 1.29 is 0 Å². The van der Waals surface area contributed by atoms with Crippen molar-refractivity contribution in [3.05, 3.63) is 34.9 Å².